The Kier molecular flexibility index (Phi) is 6.89. The zero-order chi connectivity index (χ0) is 19.3. The largest absolute Gasteiger partial charge is 0.355 e. The van der Waals surface area contributed by atoms with E-state index in [1.807, 2.05) is 12.1 Å². The predicted octanol–water partition coefficient (Wildman–Crippen LogP) is 2.00. The Bertz CT molecular complexity index is 727. The number of likely N-dealkylation sites (N-methyl/N-ethyl adjacent to an activating group) is 1. The van der Waals surface area contributed by atoms with Crippen LogP contribution in [0.2, 0.25) is 0 Å². The third-order valence-electron chi connectivity index (χ3n) is 5.71. The van der Waals surface area contributed by atoms with Gasteiger partial charge < -0.3 is 5.32 Å². The molecule has 150 valence electrons. The van der Waals surface area contributed by atoms with Crippen molar-refractivity contribution < 1.29 is 13.2 Å². The Morgan fingerprint density at radius 1 is 1.11 bits per heavy atom. The zero-order valence-corrected chi connectivity index (χ0v) is 17.0. The molecule has 2 fully saturated rings. The van der Waals surface area contributed by atoms with Crippen LogP contribution in [-0.4, -0.2) is 62.3 Å². The lowest BCUT2D eigenvalue weighted by atomic mass is 10.1. The highest BCUT2D eigenvalue weighted by Gasteiger charge is 2.27. The van der Waals surface area contributed by atoms with Crippen LogP contribution < -0.4 is 5.32 Å². The average Bonchev–Trinajstić information content (AvgIpc) is 3.36. The Labute approximate surface area is 163 Å². The monoisotopic (exact) mass is 393 g/mol. The molecule has 1 N–H and O–H groups in total. The highest BCUT2D eigenvalue weighted by atomic mass is 32.2. The molecule has 2 heterocycles. The van der Waals surface area contributed by atoms with E-state index in [0.717, 1.165) is 44.5 Å². The van der Waals surface area contributed by atoms with E-state index < -0.39 is 10.0 Å². The van der Waals surface area contributed by atoms with Gasteiger partial charge in [0.2, 0.25) is 15.9 Å². The molecule has 1 aromatic carbocycles. The normalized spacial score (nSPS) is 21.6. The quantitative estimate of drug-likeness (QED) is 0.733. The van der Waals surface area contributed by atoms with Crippen molar-refractivity contribution in [3.8, 4) is 0 Å². The van der Waals surface area contributed by atoms with Crippen LogP contribution in [0.3, 0.4) is 0 Å². The number of carbonyl (C=O) groups excluding carboxylic acids is 1. The molecule has 0 aromatic heterocycles. The number of sulfonamides is 1. The highest BCUT2D eigenvalue weighted by molar-refractivity contribution is 7.89. The maximum atomic E-state index is 12.5. The molecular weight excluding hydrogens is 362 g/mol. The van der Waals surface area contributed by atoms with Crippen molar-refractivity contribution in [3.05, 3.63) is 29.8 Å². The molecule has 2 aliphatic heterocycles. The Morgan fingerprint density at radius 2 is 1.81 bits per heavy atom. The second kappa shape index (κ2) is 9.17. The Hall–Kier alpha value is -1.44. The third-order valence-corrected chi connectivity index (χ3v) is 7.62. The molecule has 1 unspecified atom stereocenters. The van der Waals surface area contributed by atoms with Gasteiger partial charge in [-0.15, -0.1) is 0 Å². The number of amides is 1. The summed E-state index contributed by atoms with van der Waals surface area (Å²) in [6.07, 6.45) is 5.28. The second-order valence-electron chi connectivity index (χ2n) is 7.48. The second-order valence-corrected chi connectivity index (χ2v) is 9.42. The van der Waals surface area contributed by atoms with Gasteiger partial charge in [-0.05, 0) is 62.9 Å². The molecule has 1 atom stereocenters. The van der Waals surface area contributed by atoms with Crippen LogP contribution in [0.1, 0.15) is 44.6 Å². The van der Waals surface area contributed by atoms with Crippen molar-refractivity contribution >= 4 is 15.9 Å². The van der Waals surface area contributed by atoms with E-state index in [9.17, 15) is 13.2 Å². The molecule has 1 amide bonds. The maximum absolute atomic E-state index is 12.5. The summed E-state index contributed by atoms with van der Waals surface area (Å²) < 4.78 is 26.6. The van der Waals surface area contributed by atoms with Crippen LogP contribution >= 0.6 is 0 Å². The first-order chi connectivity index (χ1) is 13.0. The molecule has 3 rings (SSSR count). The molecule has 0 saturated carbocycles. The number of benzene rings is 1. The summed E-state index contributed by atoms with van der Waals surface area (Å²) in [5.74, 6) is 0.0618. The molecule has 7 heteroatoms. The minimum atomic E-state index is -3.36. The molecule has 0 bridgehead atoms. The lowest BCUT2D eigenvalue weighted by molar-refractivity contribution is -0.121. The van der Waals surface area contributed by atoms with Crippen molar-refractivity contribution in [3.63, 3.8) is 0 Å². The van der Waals surface area contributed by atoms with Crippen LogP contribution in [0.5, 0.6) is 0 Å². The van der Waals surface area contributed by atoms with Gasteiger partial charge in [-0.1, -0.05) is 19.1 Å². The fourth-order valence-corrected chi connectivity index (χ4v) is 5.54. The van der Waals surface area contributed by atoms with Gasteiger partial charge in [-0.2, -0.15) is 4.31 Å². The summed E-state index contributed by atoms with van der Waals surface area (Å²) in [5, 5.41) is 3.05. The fourth-order valence-electron chi connectivity index (χ4n) is 4.03. The molecule has 6 nitrogen and oxygen atoms in total. The number of aryl methyl sites for hydroxylation is 1. The van der Waals surface area contributed by atoms with Crippen LogP contribution in [0, 0.1) is 0 Å². The van der Waals surface area contributed by atoms with E-state index in [-0.39, 0.29) is 5.91 Å². The van der Waals surface area contributed by atoms with Crippen LogP contribution in [-0.2, 0) is 21.2 Å². The standard InChI is InChI=1S/C20H31N3O3S/c1-2-22-13-5-6-18(22)16-21-20(24)12-9-17-7-10-19(11-8-17)27(25,26)23-14-3-4-15-23/h7-8,10-11,18H,2-6,9,12-16H2,1H3,(H,21,24). The molecule has 0 spiro atoms. The number of nitrogens with zero attached hydrogens (tertiary/aromatic N) is 2. The SMILES string of the molecule is CCN1CCCC1CNC(=O)CCc1ccc(S(=O)(=O)N2CCCC2)cc1. The summed E-state index contributed by atoms with van der Waals surface area (Å²) in [6.45, 7) is 6.27. The van der Waals surface area contributed by atoms with E-state index >= 15 is 0 Å². The summed E-state index contributed by atoms with van der Waals surface area (Å²) in [6, 6.07) is 7.45. The highest BCUT2D eigenvalue weighted by Crippen LogP contribution is 2.21. The number of hydrogen-bond acceptors (Lipinski definition) is 4. The smallest absolute Gasteiger partial charge is 0.243 e. The maximum Gasteiger partial charge on any atom is 0.243 e. The molecular formula is C20H31N3O3S. The Balaban J connectivity index is 1.46. The van der Waals surface area contributed by atoms with Gasteiger partial charge in [0, 0.05) is 32.1 Å². The minimum Gasteiger partial charge on any atom is -0.355 e. The van der Waals surface area contributed by atoms with Crippen LogP contribution in [0.15, 0.2) is 29.2 Å². The average molecular weight is 394 g/mol. The molecule has 0 aliphatic carbocycles. The third kappa shape index (κ3) is 5.09. The molecule has 2 saturated heterocycles. The van der Waals surface area contributed by atoms with E-state index in [0.29, 0.717) is 36.9 Å². The molecule has 27 heavy (non-hydrogen) atoms. The van der Waals surface area contributed by atoms with Crippen molar-refractivity contribution in [1.29, 1.82) is 0 Å². The first kappa shape index (κ1) is 20.3. The zero-order valence-electron chi connectivity index (χ0n) is 16.2. The van der Waals surface area contributed by atoms with Gasteiger partial charge in [0.05, 0.1) is 4.90 Å². The number of likely N-dealkylation sites (tertiary alicyclic amines) is 1. The van der Waals surface area contributed by atoms with Gasteiger partial charge in [-0.3, -0.25) is 9.69 Å². The van der Waals surface area contributed by atoms with Gasteiger partial charge in [-0.25, -0.2) is 8.42 Å². The van der Waals surface area contributed by atoms with Crippen LogP contribution in [0.4, 0.5) is 0 Å². The van der Waals surface area contributed by atoms with Crippen molar-refractivity contribution in [2.45, 2.75) is 56.4 Å². The van der Waals surface area contributed by atoms with Crippen molar-refractivity contribution in [2.75, 3.05) is 32.7 Å². The molecule has 2 aliphatic rings. The number of hydrogen-bond donors (Lipinski definition) is 1. The topological polar surface area (TPSA) is 69.7 Å². The molecule has 0 radical (unpaired) electrons. The lowest BCUT2D eigenvalue weighted by Crippen LogP contribution is -2.40. The van der Waals surface area contributed by atoms with Crippen LogP contribution in [0.25, 0.3) is 0 Å². The predicted molar refractivity (Wildman–Crippen MR) is 106 cm³/mol. The van der Waals surface area contributed by atoms with Gasteiger partial charge in [0.15, 0.2) is 0 Å². The lowest BCUT2D eigenvalue weighted by Gasteiger charge is -2.22. The van der Waals surface area contributed by atoms with Gasteiger partial charge in [0.25, 0.3) is 0 Å². The van der Waals surface area contributed by atoms with E-state index in [4.69, 9.17) is 0 Å². The molecule has 1 aromatic rings. The number of rotatable bonds is 8. The number of nitrogens with one attached hydrogen (secondary N) is 1. The van der Waals surface area contributed by atoms with Gasteiger partial charge in [0.1, 0.15) is 0 Å². The first-order valence-electron chi connectivity index (χ1n) is 10.1. The van der Waals surface area contributed by atoms with Crippen molar-refractivity contribution in [2.24, 2.45) is 0 Å². The van der Waals surface area contributed by atoms with Gasteiger partial charge >= 0.3 is 0 Å². The van der Waals surface area contributed by atoms with Crippen molar-refractivity contribution in [1.82, 2.24) is 14.5 Å². The summed E-state index contributed by atoms with van der Waals surface area (Å²) >= 11 is 0. The van der Waals surface area contributed by atoms with E-state index in [1.165, 1.54) is 6.42 Å². The summed E-state index contributed by atoms with van der Waals surface area (Å²) in [4.78, 5) is 14.9. The summed E-state index contributed by atoms with van der Waals surface area (Å²) in [5.41, 5.74) is 0.988. The first-order valence-corrected chi connectivity index (χ1v) is 11.5. The minimum absolute atomic E-state index is 0.0618. The summed E-state index contributed by atoms with van der Waals surface area (Å²) in [7, 11) is -3.36. The Morgan fingerprint density at radius 3 is 2.48 bits per heavy atom. The number of carbonyl (C=O) groups is 1. The van der Waals surface area contributed by atoms with E-state index in [2.05, 4.69) is 17.1 Å². The fraction of sp³-hybridized carbons (Fsp3) is 0.650. The van der Waals surface area contributed by atoms with E-state index in [1.54, 1.807) is 16.4 Å².